The summed E-state index contributed by atoms with van der Waals surface area (Å²) in [4.78, 5) is 0. The summed E-state index contributed by atoms with van der Waals surface area (Å²) in [6, 6.07) is 28.1. The molecule has 0 radical (unpaired) electrons. The Morgan fingerprint density at radius 2 is 1.52 bits per heavy atom. The fourth-order valence-electron chi connectivity index (χ4n) is 2.75. The lowest BCUT2D eigenvalue weighted by Gasteiger charge is -2.06. The molecule has 0 atom stereocenters. The fraction of sp³-hybridized carbons (Fsp3) is 0.0455. The van der Waals surface area contributed by atoms with Crippen LogP contribution in [0.2, 0.25) is 0 Å². The molecule has 0 fully saturated rings. The van der Waals surface area contributed by atoms with E-state index in [0.29, 0.717) is 0 Å². The highest BCUT2D eigenvalue weighted by Crippen LogP contribution is 2.22. The normalized spacial score (nSPS) is 11.6. The average molecular weight is 326 g/mol. The molecule has 1 aromatic heterocycles. The topological polar surface area (TPSA) is 37.5 Å². The maximum Gasteiger partial charge on any atom is 0.137 e. The number of para-hydroxylation sites is 1. The molecule has 0 amide bonds. The van der Waals surface area contributed by atoms with Crippen molar-refractivity contribution in [1.82, 2.24) is 0 Å². The van der Waals surface area contributed by atoms with E-state index in [4.69, 9.17) is 4.42 Å². The maximum atomic E-state index is 6.13. The molecule has 0 unspecified atom stereocenters. The number of aryl methyl sites for hydroxylation is 1. The van der Waals surface area contributed by atoms with E-state index >= 15 is 0 Å². The largest absolute Gasteiger partial charge is 0.456 e. The van der Waals surface area contributed by atoms with Crippen molar-refractivity contribution in [2.45, 2.75) is 6.92 Å². The number of hydrogen-bond acceptors (Lipinski definition) is 3. The molecule has 0 saturated heterocycles. The van der Waals surface area contributed by atoms with Crippen LogP contribution in [0, 0.1) is 6.92 Å². The summed E-state index contributed by atoms with van der Waals surface area (Å²) in [5, 5.41) is 6.44. The predicted molar refractivity (Wildman–Crippen MR) is 102 cm³/mol. The van der Waals surface area contributed by atoms with Crippen LogP contribution < -0.4 is 10.8 Å². The summed E-state index contributed by atoms with van der Waals surface area (Å²) in [5.41, 5.74) is 7.09. The number of hydrogen-bond donors (Lipinski definition) is 1. The molecule has 0 aliphatic rings. The fourth-order valence-corrected chi connectivity index (χ4v) is 2.75. The van der Waals surface area contributed by atoms with Crippen molar-refractivity contribution in [3.8, 4) is 11.3 Å². The van der Waals surface area contributed by atoms with Gasteiger partial charge in [-0.1, -0.05) is 54.6 Å². The van der Waals surface area contributed by atoms with Crippen molar-refractivity contribution in [1.29, 1.82) is 0 Å². The summed E-state index contributed by atoms with van der Waals surface area (Å²) in [7, 11) is 0. The molecule has 122 valence electrons. The molecule has 1 heterocycles. The first-order valence-electron chi connectivity index (χ1n) is 8.24. The Kier molecular flexibility index (Phi) is 4.05. The van der Waals surface area contributed by atoms with Crippen LogP contribution in [0.3, 0.4) is 0 Å². The first-order chi connectivity index (χ1) is 12.3. The number of anilines is 1. The van der Waals surface area contributed by atoms with E-state index in [0.717, 1.165) is 38.9 Å². The van der Waals surface area contributed by atoms with Gasteiger partial charge in [0.15, 0.2) is 0 Å². The van der Waals surface area contributed by atoms with Gasteiger partial charge in [0.25, 0.3) is 0 Å². The summed E-state index contributed by atoms with van der Waals surface area (Å²) in [5.74, 6) is 0.798. The van der Waals surface area contributed by atoms with Gasteiger partial charge in [-0.3, -0.25) is 5.43 Å². The van der Waals surface area contributed by atoms with Crippen molar-refractivity contribution in [3.63, 3.8) is 0 Å². The molecule has 0 spiro atoms. The highest BCUT2D eigenvalue weighted by molar-refractivity contribution is 5.79. The van der Waals surface area contributed by atoms with Gasteiger partial charge in [-0.15, -0.1) is 0 Å². The molecule has 3 aromatic carbocycles. The monoisotopic (exact) mass is 326 g/mol. The molecular weight excluding hydrogens is 308 g/mol. The molecule has 25 heavy (non-hydrogen) atoms. The van der Waals surface area contributed by atoms with Gasteiger partial charge < -0.3 is 4.42 Å². The zero-order chi connectivity index (χ0) is 17.1. The molecule has 0 bridgehead atoms. The summed E-state index contributed by atoms with van der Waals surface area (Å²) in [6.07, 6.45) is 0. The average Bonchev–Trinajstić information content (AvgIpc) is 2.67. The lowest BCUT2D eigenvalue weighted by Crippen LogP contribution is -2.07. The molecule has 3 nitrogen and oxygen atoms in total. The first-order valence-corrected chi connectivity index (χ1v) is 8.24. The second-order valence-corrected chi connectivity index (χ2v) is 5.95. The van der Waals surface area contributed by atoms with Gasteiger partial charge in [-0.05, 0) is 36.8 Å². The highest BCUT2D eigenvalue weighted by atomic mass is 16.3. The van der Waals surface area contributed by atoms with Crippen molar-refractivity contribution >= 4 is 16.7 Å². The Labute approximate surface area is 146 Å². The summed E-state index contributed by atoms with van der Waals surface area (Å²) < 4.78 is 6.13. The minimum Gasteiger partial charge on any atom is -0.456 e. The first kappa shape index (κ1) is 15.2. The van der Waals surface area contributed by atoms with Crippen LogP contribution in [0.25, 0.3) is 22.3 Å². The number of nitrogens with zero attached hydrogens (tertiary/aromatic N) is 1. The van der Waals surface area contributed by atoms with Crippen molar-refractivity contribution < 1.29 is 4.42 Å². The molecular formula is C22H18N2O. The van der Waals surface area contributed by atoms with E-state index in [1.54, 1.807) is 0 Å². The third-order valence-corrected chi connectivity index (χ3v) is 4.04. The zero-order valence-electron chi connectivity index (χ0n) is 13.9. The quantitative estimate of drug-likeness (QED) is 0.516. The Balaban J connectivity index is 1.89. The van der Waals surface area contributed by atoms with Crippen LogP contribution in [-0.2, 0) is 0 Å². The second kappa shape index (κ2) is 6.65. The third kappa shape index (κ3) is 3.31. The standard InChI is InChI=1S/C22H18N2O/c1-16-12-13-19-20(24-23-18-10-6-3-7-11-18)15-21(25-22(19)14-16)17-8-4-2-5-9-17/h2-15,23H,1H3/b24-20+. The van der Waals surface area contributed by atoms with E-state index in [-0.39, 0.29) is 0 Å². The minimum absolute atomic E-state index is 0.798. The van der Waals surface area contributed by atoms with E-state index in [1.807, 2.05) is 72.8 Å². The molecule has 1 N–H and O–H groups in total. The second-order valence-electron chi connectivity index (χ2n) is 5.95. The summed E-state index contributed by atoms with van der Waals surface area (Å²) >= 11 is 0. The van der Waals surface area contributed by atoms with E-state index in [2.05, 4.69) is 29.6 Å². The predicted octanol–water partition coefficient (Wildman–Crippen LogP) is 5.34. The molecule has 0 aliphatic heterocycles. The number of fused-ring (bicyclic) bond motifs is 1. The van der Waals surface area contributed by atoms with Crippen molar-refractivity contribution in [3.05, 3.63) is 95.8 Å². The lowest BCUT2D eigenvalue weighted by atomic mass is 10.1. The van der Waals surface area contributed by atoms with Crippen molar-refractivity contribution in [2.75, 3.05) is 5.43 Å². The minimum atomic E-state index is 0.798. The Hall–Kier alpha value is -3.33. The molecule has 0 saturated carbocycles. The molecule has 0 aliphatic carbocycles. The number of benzene rings is 3. The molecule has 4 aromatic rings. The van der Waals surface area contributed by atoms with Gasteiger partial charge in [0.1, 0.15) is 11.3 Å². The van der Waals surface area contributed by atoms with E-state index < -0.39 is 0 Å². The molecule has 4 rings (SSSR count). The SMILES string of the molecule is Cc1ccc2/c(=N/Nc3ccccc3)cc(-c3ccccc3)oc2c1. The van der Waals surface area contributed by atoms with Crippen LogP contribution in [0.5, 0.6) is 0 Å². The van der Waals surface area contributed by atoms with Gasteiger partial charge in [-0.25, -0.2) is 0 Å². The molecule has 3 heteroatoms. The zero-order valence-corrected chi connectivity index (χ0v) is 13.9. The van der Waals surface area contributed by atoms with Crippen LogP contribution in [0.15, 0.2) is 94.4 Å². The Morgan fingerprint density at radius 1 is 0.800 bits per heavy atom. The van der Waals surface area contributed by atoms with Gasteiger partial charge in [-0.2, -0.15) is 5.10 Å². The highest BCUT2D eigenvalue weighted by Gasteiger charge is 2.06. The van der Waals surface area contributed by atoms with Gasteiger partial charge in [0.2, 0.25) is 0 Å². The van der Waals surface area contributed by atoms with Crippen LogP contribution in [0.1, 0.15) is 5.56 Å². The van der Waals surface area contributed by atoms with Crippen LogP contribution >= 0.6 is 0 Å². The summed E-state index contributed by atoms with van der Waals surface area (Å²) in [6.45, 7) is 2.06. The van der Waals surface area contributed by atoms with Gasteiger partial charge in [0.05, 0.1) is 11.0 Å². The van der Waals surface area contributed by atoms with Gasteiger partial charge >= 0.3 is 0 Å². The smallest absolute Gasteiger partial charge is 0.137 e. The lowest BCUT2D eigenvalue weighted by molar-refractivity contribution is 0.618. The Bertz CT molecular complexity index is 1070. The maximum absolute atomic E-state index is 6.13. The van der Waals surface area contributed by atoms with Crippen LogP contribution in [-0.4, -0.2) is 0 Å². The van der Waals surface area contributed by atoms with Gasteiger partial charge in [0, 0.05) is 17.0 Å². The number of rotatable bonds is 3. The number of nitrogens with one attached hydrogen (secondary N) is 1. The Morgan fingerprint density at radius 3 is 2.28 bits per heavy atom. The van der Waals surface area contributed by atoms with Crippen LogP contribution in [0.4, 0.5) is 5.69 Å². The third-order valence-electron chi connectivity index (χ3n) is 4.04. The van der Waals surface area contributed by atoms with E-state index in [1.165, 1.54) is 0 Å². The van der Waals surface area contributed by atoms with E-state index in [9.17, 15) is 0 Å². The van der Waals surface area contributed by atoms with Crippen molar-refractivity contribution in [2.24, 2.45) is 5.10 Å².